The van der Waals surface area contributed by atoms with Crippen molar-refractivity contribution in [2.75, 3.05) is 13.2 Å². The second-order valence-corrected chi connectivity index (χ2v) is 16.0. The molecule has 6 nitrogen and oxygen atoms in total. The maximum atomic E-state index is 12.8. The van der Waals surface area contributed by atoms with E-state index in [4.69, 9.17) is 14.2 Å². The molecule has 1 atom stereocenters. The molecule has 0 aromatic rings. The molecule has 0 aromatic heterocycles. The van der Waals surface area contributed by atoms with E-state index in [0.29, 0.717) is 19.3 Å². The Morgan fingerprint density at radius 1 is 0.355 bits per heavy atom. The van der Waals surface area contributed by atoms with Crippen molar-refractivity contribution >= 4 is 17.9 Å². The Bertz CT molecular complexity index is 1310. The van der Waals surface area contributed by atoms with Crippen LogP contribution in [0, 0.1) is 0 Å². The zero-order chi connectivity index (χ0) is 45.1. The van der Waals surface area contributed by atoms with Gasteiger partial charge in [0.1, 0.15) is 13.2 Å². The van der Waals surface area contributed by atoms with Gasteiger partial charge in [0.15, 0.2) is 6.10 Å². The Kier molecular flexibility index (Phi) is 46.6. The van der Waals surface area contributed by atoms with Gasteiger partial charge >= 0.3 is 17.9 Å². The van der Waals surface area contributed by atoms with Gasteiger partial charge in [-0.3, -0.25) is 14.4 Å². The lowest BCUT2D eigenvalue weighted by Crippen LogP contribution is -2.30. The zero-order valence-electron chi connectivity index (χ0n) is 39.8. The van der Waals surface area contributed by atoms with Crippen molar-refractivity contribution in [3.8, 4) is 0 Å². The van der Waals surface area contributed by atoms with E-state index in [1.165, 1.54) is 70.6 Å². The number of rotatable bonds is 43. The van der Waals surface area contributed by atoms with Gasteiger partial charge in [-0.25, -0.2) is 0 Å². The van der Waals surface area contributed by atoms with Gasteiger partial charge in [0.2, 0.25) is 0 Å². The smallest absolute Gasteiger partial charge is 0.306 e. The summed E-state index contributed by atoms with van der Waals surface area (Å²) in [6.45, 7) is 6.34. The lowest BCUT2D eigenvalue weighted by molar-refractivity contribution is -0.167. The monoisotopic (exact) mass is 859 g/mol. The summed E-state index contributed by atoms with van der Waals surface area (Å²) in [6.07, 6.45) is 66.6. The molecule has 350 valence electrons. The number of hydrogen-bond donors (Lipinski definition) is 0. The first-order chi connectivity index (χ1) is 30.5. The molecule has 0 aliphatic heterocycles. The first-order valence-corrected chi connectivity index (χ1v) is 24.9. The van der Waals surface area contributed by atoms with Gasteiger partial charge in [0, 0.05) is 19.3 Å². The molecule has 0 heterocycles. The molecule has 0 spiro atoms. The second-order valence-electron chi connectivity index (χ2n) is 16.0. The van der Waals surface area contributed by atoms with E-state index in [1.807, 2.05) is 0 Å². The molecule has 0 amide bonds. The van der Waals surface area contributed by atoms with Gasteiger partial charge < -0.3 is 14.2 Å². The highest BCUT2D eigenvalue weighted by Gasteiger charge is 2.19. The average Bonchev–Trinajstić information content (AvgIpc) is 3.27. The molecule has 0 bridgehead atoms. The highest BCUT2D eigenvalue weighted by molar-refractivity contribution is 5.71. The van der Waals surface area contributed by atoms with Gasteiger partial charge in [0.25, 0.3) is 0 Å². The Morgan fingerprint density at radius 2 is 0.694 bits per heavy atom. The van der Waals surface area contributed by atoms with Crippen LogP contribution in [0.4, 0.5) is 0 Å². The minimum atomic E-state index is -0.835. The van der Waals surface area contributed by atoms with Gasteiger partial charge in [-0.2, -0.15) is 0 Å². The number of carbonyl (C=O) groups excluding carboxylic acids is 3. The molecule has 0 rings (SSSR count). The number of allylic oxidation sites excluding steroid dienone is 18. The highest BCUT2D eigenvalue weighted by atomic mass is 16.6. The number of carbonyl (C=O) groups is 3. The van der Waals surface area contributed by atoms with E-state index in [2.05, 4.69) is 130 Å². The molecule has 0 fully saturated rings. The lowest BCUT2D eigenvalue weighted by Gasteiger charge is -2.18. The third kappa shape index (κ3) is 47.1. The summed E-state index contributed by atoms with van der Waals surface area (Å²) in [4.78, 5) is 37.8. The third-order valence-corrected chi connectivity index (χ3v) is 10.0. The summed E-state index contributed by atoms with van der Waals surface area (Å²) in [5.41, 5.74) is 0. The van der Waals surface area contributed by atoms with Crippen molar-refractivity contribution in [3.05, 3.63) is 109 Å². The van der Waals surface area contributed by atoms with E-state index in [1.54, 1.807) is 0 Å². The summed E-state index contributed by atoms with van der Waals surface area (Å²) < 4.78 is 16.6. The van der Waals surface area contributed by atoms with Gasteiger partial charge in [-0.05, 0) is 109 Å². The summed E-state index contributed by atoms with van der Waals surface area (Å²) in [7, 11) is 0. The molecular formula is C56H90O6. The molecule has 0 saturated carbocycles. The molecule has 1 unspecified atom stereocenters. The van der Waals surface area contributed by atoms with Crippen LogP contribution < -0.4 is 0 Å². The maximum Gasteiger partial charge on any atom is 0.306 e. The molecule has 6 heteroatoms. The highest BCUT2D eigenvalue weighted by Crippen LogP contribution is 2.11. The molecule has 0 aromatic carbocycles. The Balaban J connectivity index is 4.57. The molecule has 0 aliphatic rings. The van der Waals surface area contributed by atoms with Crippen LogP contribution >= 0.6 is 0 Å². The van der Waals surface area contributed by atoms with Crippen LogP contribution in [0.25, 0.3) is 0 Å². The fourth-order valence-corrected chi connectivity index (χ4v) is 6.27. The predicted molar refractivity (Wildman–Crippen MR) is 265 cm³/mol. The van der Waals surface area contributed by atoms with Crippen LogP contribution in [-0.2, 0) is 28.6 Å². The van der Waals surface area contributed by atoms with E-state index in [-0.39, 0.29) is 50.4 Å². The van der Waals surface area contributed by atoms with E-state index >= 15 is 0 Å². The molecule has 0 N–H and O–H groups in total. The Hall–Kier alpha value is -3.93. The minimum Gasteiger partial charge on any atom is -0.462 e. The van der Waals surface area contributed by atoms with Crippen LogP contribution in [0.1, 0.15) is 207 Å². The number of ether oxygens (including phenoxy) is 3. The second kappa shape index (κ2) is 49.7. The normalized spacial score (nSPS) is 13.0. The largest absolute Gasteiger partial charge is 0.462 e. The zero-order valence-corrected chi connectivity index (χ0v) is 39.8. The Labute approximate surface area is 380 Å². The number of hydrogen-bond acceptors (Lipinski definition) is 6. The van der Waals surface area contributed by atoms with E-state index in [9.17, 15) is 14.4 Å². The van der Waals surface area contributed by atoms with Crippen molar-refractivity contribution in [2.24, 2.45) is 0 Å². The fourth-order valence-electron chi connectivity index (χ4n) is 6.27. The first kappa shape index (κ1) is 58.1. The predicted octanol–water partition coefficient (Wildman–Crippen LogP) is 16.4. The Morgan fingerprint density at radius 3 is 1.16 bits per heavy atom. The summed E-state index contributed by atoms with van der Waals surface area (Å²) in [6, 6.07) is 0. The van der Waals surface area contributed by atoms with Gasteiger partial charge in [0.05, 0.1) is 0 Å². The molecule has 0 saturated heterocycles. The van der Waals surface area contributed by atoms with Crippen molar-refractivity contribution < 1.29 is 28.6 Å². The average molecular weight is 859 g/mol. The summed E-state index contributed by atoms with van der Waals surface area (Å²) >= 11 is 0. The van der Waals surface area contributed by atoms with Crippen molar-refractivity contribution in [1.29, 1.82) is 0 Å². The number of esters is 3. The van der Waals surface area contributed by atoms with Crippen molar-refractivity contribution in [1.82, 2.24) is 0 Å². The van der Waals surface area contributed by atoms with Crippen molar-refractivity contribution in [3.63, 3.8) is 0 Å². The van der Waals surface area contributed by atoms with E-state index < -0.39 is 6.10 Å². The minimum absolute atomic E-state index is 0.134. The van der Waals surface area contributed by atoms with Crippen LogP contribution in [-0.4, -0.2) is 37.2 Å². The van der Waals surface area contributed by atoms with Crippen molar-refractivity contribution in [2.45, 2.75) is 213 Å². The lowest BCUT2D eigenvalue weighted by atomic mass is 10.1. The molecular weight excluding hydrogens is 769 g/mol. The third-order valence-electron chi connectivity index (χ3n) is 10.0. The van der Waals surface area contributed by atoms with E-state index in [0.717, 1.165) is 77.0 Å². The number of unbranched alkanes of at least 4 members (excludes halogenated alkanes) is 15. The van der Waals surface area contributed by atoms with Crippen LogP contribution in [0.5, 0.6) is 0 Å². The van der Waals surface area contributed by atoms with Crippen LogP contribution in [0.3, 0.4) is 0 Å². The SMILES string of the molecule is CC/C=C\C/C=C\C/C=C\CCCC(=O)OCC(COC(=O)CCC/C=C\C/C=C\C/C=C\C/C=C\CCCCC)OC(=O)CCCCC/C=C\C=C/CCCCCCCCC. The molecule has 0 aliphatic carbocycles. The first-order valence-electron chi connectivity index (χ1n) is 24.9. The molecule has 62 heavy (non-hydrogen) atoms. The summed E-state index contributed by atoms with van der Waals surface area (Å²) in [5, 5.41) is 0. The quantitative estimate of drug-likeness (QED) is 0.0200. The van der Waals surface area contributed by atoms with Crippen LogP contribution in [0.2, 0.25) is 0 Å². The van der Waals surface area contributed by atoms with Gasteiger partial charge in [-0.1, -0.05) is 188 Å². The maximum absolute atomic E-state index is 12.8. The molecule has 0 radical (unpaired) electrons. The van der Waals surface area contributed by atoms with Crippen LogP contribution in [0.15, 0.2) is 109 Å². The fraction of sp³-hybridized carbons (Fsp3) is 0.625. The summed E-state index contributed by atoms with van der Waals surface area (Å²) in [5.74, 6) is -1.08. The standard InChI is InChI=1S/C56H90O6/c1-4-7-10-13-16-19-22-24-26-28-30-31-34-37-40-43-46-49-55(58)61-52-53(51-60-54(57)48-45-42-39-36-33-21-18-15-12-9-6-3)62-56(59)50-47-44-41-38-35-32-29-27-25-23-20-17-14-11-8-5-2/h9,12,16,18-19,21,24,26-27,29-32,35-37,39-40,53H,4-8,10-11,13-15,17,20,22-23,25,28,33-34,38,41-52H2,1-3H3/b12-9-,19-16-,21-18-,26-24-,29-27-,31-30-,35-32-,39-36-,40-37-. The topological polar surface area (TPSA) is 78.9 Å². The van der Waals surface area contributed by atoms with Gasteiger partial charge in [-0.15, -0.1) is 0 Å².